The minimum absolute atomic E-state index is 0.00203. The van der Waals surface area contributed by atoms with E-state index in [-0.39, 0.29) is 18.2 Å². The number of carbonyl (C=O) groups is 1. The van der Waals surface area contributed by atoms with Crippen molar-refractivity contribution in [2.24, 2.45) is 0 Å². The van der Waals surface area contributed by atoms with Crippen LogP contribution in [0.3, 0.4) is 0 Å². The van der Waals surface area contributed by atoms with Crippen LogP contribution in [-0.4, -0.2) is 46.8 Å². The topological polar surface area (TPSA) is 89.1 Å². The number of hydrogen-bond donors (Lipinski definition) is 0. The zero-order chi connectivity index (χ0) is 22.5. The molecule has 0 radical (unpaired) electrons. The van der Waals surface area contributed by atoms with Gasteiger partial charge in [0.2, 0.25) is 0 Å². The van der Waals surface area contributed by atoms with Crippen LogP contribution in [0.15, 0.2) is 65.1 Å². The molecule has 0 spiro atoms. The van der Waals surface area contributed by atoms with Gasteiger partial charge in [-0.2, -0.15) is 0 Å². The highest BCUT2D eigenvalue weighted by Crippen LogP contribution is 2.20. The molecule has 1 aromatic heterocycles. The van der Waals surface area contributed by atoms with Crippen molar-refractivity contribution in [3.05, 3.63) is 93.4 Å². The predicted molar refractivity (Wildman–Crippen MR) is 118 cm³/mol. The molecule has 1 amide bonds. The summed E-state index contributed by atoms with van der Waals surface area (Å²) in [7, 11) is 0. The van der Waals surface area contributed by atoms with Crippen molar-refractivity contribution in [3.63, 3.8) is 0 Å². The molecular formula is C24H25N3O5. The maximum atomic E-state index is 12.8. The molecule has 0 unspecified atom stereocenters. The molecule has 1 fully saturated rings. The van der Waals surface area contributed by atoms with E-state index in [9.17, 15) is 14.9 Å². The van der Waals surface area contributed by atoms with Crippen molar-refractivity contribution in [2.75, 3.05) is 26.2 Å². The zero-order valence-electron chi connectivity index (χ0n) is 17.9. The van der Waals surface area contributed by atoms with Gasteiger partial charge in [-0.15, -0.1) is 0 Å². The molecule has 166 valence electrons. The van der Waals surface area contributed by atoms with E-state index in [1.54, 1.807) is 12.1 Å². The molecule has 0 atom stereocenters. The lowest BCUT2D eigenvalue weighted by Crippen LogP contribution is -2.48. The molecule has 8 heteroatoms. The number of carbonyl (C=O) groups excluding carboxylic acids is 1. The number of rotatable bonds is 7. The van der Waals surface area contributed by atoms with Crippen molar-refractivity contribution in [1.82, 2.24) is 9.80 Å². The second kappa shape index (κ2) is 9.65. The first kappa shape index (κ1) is 21.6. The van der Waals surface area contributed by atoms with Gasteiger partial charge in [0, 0.05) is 44.9 Å². The van der Waals surface area contributed by atoms with Crippen LogP contribution >= 0.6 is 0 Å². The summed E-state index contributed by atoms with van der Waals surface area (Å²) in [5.41, 5.74) is 2.53. The summed E-state index contributed by atoms with van der Waals surface area (Å²) in [6.07, 6.45) is 0. The van der Waals surface area contributed by atoms with Gasteiger partial charge < -0.3 is 14.1 Å². The molecule has 3 aromatic rings. The lowest BCUT2D eigenvalue weighted by atomic mass is 10.1. The summed E-state index contributed by atoms with van der Waals surface area (Å²) < 4.78 is 11.3. The van der Waals surface area contributed by atoms with Crippen LogP contribution in [-0.2, 0) is 13.2 Å². The van der Waals surface area contributed by atoms with E-state index in [0.717, 1.165) is 19.6 Å². The minimum atomic E-state index is -0.462. The van der Waals surface area contributed by atoms with Crippen molar-refractivity contribution < 1.29 is 18.9 Å². The SMILES string of the molecule is Cc1ccc(CN2CCN(C(=O)c3ccc(COc4ccc([N+](=O)[O-])cc4)o3)CC2)cc1. The van der Waals surface area contributed by atoms with Gasteiger partial charge in [0.25, 0.3) is 11.6 Å². The summed E-state index contributed by atoms with van der Waals surface area (Å²) in [5.74, 6) is 1.18. The molecule has 1 aliphatic heterocycles. The molecule has 2 heterocycles. The molecule has 1 aliphatic rings. The highest BCUT2D eigenvalue weighted by molar-refractivity contribution is 5.91. The van der Waals surface area contributed by atoms with Gasteiger partial charge in [0.05, 0.1) is 4.92 Å². The molecular weight excluding hydrogens is 410 g/mol. The third-order valence-electron chi connectivity index (χ3n) is 5.49. The minimum Gasteiger partial charge on any atom is -0.486 e. The number of nitro groups is 1. The highest BCUT2D eigenvalue weighted by atomic mass is 16.6. The van der Waals surface area contributed by atoms with Crippen molar-refractivity contribution in [1.29, 1.82) is 0 Å². The van der Waals surface area contributed by atoms with Gasteiger partial charge >= 0.3 is 0 Å². The summed E-state index contributed by atoms with van der Waals surface area (Å²) >= 11 is 0. The first-order valence-electron chi connectivity index (χ1n) is 10.5. The third-order valence-corrected chi connectivity index (χ3v) is 5.49. The standard InChI is InChI=1S/C24H25N3O5/c1-18-2-4-19(5-3-18)16-25-12-14-26(15-13-25)24(28)23-11-10-22(32-23)17-31-21-8-6-20(7-9-21)27(29)30/h2-11H,12-17H2,1H3. The van der Waals surface area contributed by atoms with Crippen LogP contribution in [0.5, 0.6) is 5.75 Å². The predicted octanol–water partition coefficient (Wildman–Crippen LogP) is 4.03. The van der Waals surface area contributed by atoms with E-state index in [0.29, 0.717) is 30.4 Å². The van der Waals surface area contributed by atoms with Gasteiger partial charge in [-0.05, 0) is 36.8 Å². The number of nitro benzene ring substituents is 1. The monoisotopic (exact) mass is 435 g/mol. The highest BCUT2D eigenvalue weighted by Gasteiger charge is 2.24. The second-order valence-corrected chi connectivity index (χ2v) is 7.86. The van der Waals surface area contributed by atoms with Crippen LogP contribution in [0, 0.1) is 17.0 Å². The van der Waals surface area contributed by atoms with Gasteiger partial charge in [0.15, 0.2) is 5.76 Å². The number of nitrogens with zero attached hydrogens (tertiary/aromatic N) is 3. The van der Waals surface area contributed by atoms with E-state index in [1.165, 1.54) is 35.4 Å². The number of aryl methyl sites for hydroxylation is 1. The average Bonchev–Trinajstić information content (AvgIpc) is 3.29. The number of furan rings is 1. The summed E-state index contributed by atoms with van der Waals surface area (Å²) in [6.45, 7) is 6.03. The lowest BCUT2D eigenvalue weighted by Gasteiger charge is -2.34. The summed E-state index contributed by atoms with van der Waals surface area (Å²) in [5, 5.41) is 10.7. The Morgan fingerprint density at radius 1 is 1.00 bits per heavy atom. The van der Waals surface area contributed by atoms with Crippen molar-refractivity contribution in [2.45, 2.75) is 20.1 Å². The molecule has 0 saturated carbocycles. The quantitative estimate of drug-likeness (QED) is 0.411. The van der Waals surface area contributed by atoms with Crippen molar-refractivity contribution >= 4 is 11.6 Å². The smallest absolute Gasteiger partial charge is 0.289 e. The van der Waals surface area contributed by atoms with Crippen LogP contribution in [0.25, 0.3) is 0 Å². The molecule has 0 bridgehead atoms. The zero-order valence-corrected chi connectivity index (χ0v) is 17.9. The van der Waals surface area contributed by atoms with Crippen LogP contribution in [0.4, 0.5) is 5.69 Å². The molecule has 4 rings (SSSR count). The van der Waals surface area contributed by atoms with E-state index in [4.69, 9.17) is 9.15 Å². The molecule has 0 N–H and O–H groups in total. The number of piperazine rings is 1. The van der Waals surface area contributed by atoms with Crippen molar-refractivity contribution in [3.8, 4) is 5.75 Å². The fourth-order valence-electron chi connectivity index (χ4n) is 3.61. The second-order valence-electron chi connectivity index (χ2n) is 7.86. The number of benzene rings is 2. The lowest BCUT2D eigenvalue weighted by molar-refractivity contribution is -0.384. The summed E-state index contributed by atoms with van der Waals surface area (Å²) in [6, 6.07) is 17.7. The van der Waals surface area contributed by atoms with Crippen LogP contribution in [0.2, 0.25) is 0 Å². The van der Waals surface area contributed by atoms with Gasteiger partial charge in [-0.1, -0.05) is 29.8 Å². The first-order valence-corrected chi connectivity index (χ1v) is 10.5. The van der Waals surface area contributed by atoms with Gasteiger partial charge in [-0.25, -0.2) is 0 Å². The Hall–Kier alpha value is -3.65. The van der Waals surface area contributed by atoms with E-state index < -0.39 is 4.92 Å². The van der Waals surface area contributed by atoms with E-state index >= 15 is 0 Å². The maximum Gasteiger partial charge on any atom is 0.289 e. The number of ether oxygens (including phenoxy) is 1. The van der Waals surface area contributed by atoms with E-state index in [2.05, 4.69) is 36.1 Å². The number of hydrogen-bond acceptors (Lipinski definition) is 6. The molecule has 2 aromatic carbocycles. The maximum absolute atomic E-state index is 12.8. The largest absolute Gasteiger partial charge is 0.486 e. The molecule has 8 nitrogen and oxygen atoms in total. The Morgan fingerprint density at radius 2 is 1.69 bits per heavy atom. The average molecular weight is 435 g/mol. The van der Waals surface area contributed by atoms with E-state index in [1.807, 2.05) is 4.90 Å². The molecule has 32 heavy (non-hydrogen) atoms. The summed E-state index contributed by atoms with van der Waals surface area (Å²) in [4.78, 5) is 27.2. The normalized spacial score (nSPS) is 14.3. The first-order chi connectivity index (χ1) is 15.5. The fraction of sp³-hybridized carbons (Fsp3) is 0.292. The van der Waals surface area contributed by atoms with Gasteiger partial charge in [-0.3, -0.25) is 19.8 Å². The number of amides is 1. The Kier molecular flexibility index (Phi) is 6.51. The fourth-order valence-corrected chi connectivity index (χ4v) is 3.61. The molecule has 1 saturated heterocycles. The Morgan fingerprint density at radius 3 is 2.34 bits per heavy atom. The Labute approximate surface area is 186 Å². The van der Waals surface area contributed by atoms with Crippen LogP contribution in [0.1, 0.15) is 27.4 Å². The third kappa shape index (κ3) is 5.33. The molecule has 0 aliphatic carbocycles. The van der Waals surface area contributed by atoms with Gasteiger partial charge in [0.1, 0.15) is 18.1 Å². The number of non-ortho nitro benzene ring substituents is 1. The Balaban J connectivity index is 1.26. The van der Waals surface area contributed by atoms with Crippen LogP contribution < -0.4 is 4.74 Å². The Bertz CT molecular complexity index is 1070.